The summed E-state index contributed by atoms with van der Waals surface area (Å²) < 4.78 is 5.39. The normalized spacial score (nSPS) is 32.9. The van der Waals surface area contributed by atoms with Gasteiger partial charge < -0.3 is 10.1 Å². The lowest BCUT2D eigenvalue weighted by atomic mass is 9.94. The minimum Gasteiger partial charge on any atom is -0.482 e. The predicted octanol–water partition coefficient (Wildman–Crippen LogP) is 3.50. The van der Waals surface area contributed by atoms with Crippen molar-refractivity contribution in [3.05, 3.63) is 23.8 Å². The van der Waals surface area contributed by atoms with Crippen molar-refractivity contribution in [2.45, 2.75) is 24.1 Å². The van der Waals surface area contributed by atoms with E-state index in [1.54, 1.807) is 0 Å². The molecule has 2 saturated carbocycles. The Kier molecular flexibility index (Phi) is 2.62. The van der Waals surface area contributed by atoms with Crippen LogP contribution in [0.25, 0.3) is 0 Å². The molecule has 0 saturated heterocycles. The summed E-state index contributed by atoms with van der Waals surface area (Å²) >= 11 is 3.85. The second-order valence-corrected chi connectivity index (χ2v) is 6.97. The summed E-state index contributed by atoms with van der Waals surface area (Å²) in [7, 11) is 0. The van der Waals surface area contributed by atoms with E-state index in [2.05, 4.69) is 33.4 Å². The predicted molar refractivity (Wildman–Crippen MR) is 76.6 cm³/mol. The maximum Gasteiger partial charge on any atom is 0.262 e. The lowest BCUT2D eigenvalue weighted by Gasteiger charge is -2.23. The molecule has 0 aromatic heterocycles. The maximum absolute atomic E-state index is 11.4. The van der Waals surface area contributed by atoms with Crippen molar-refractivity contribution in [3.63, 3.8) is 0 Å². The van der Waals surface area contributed by atoms with Crippen LogP contribution in [-0.4, -0.2) is 12.5 Å². The highest BCUT2D eigenvalue weighted by molar-refractivity contribution is 9.09. The number of alkyl halides is 1. The quantitative estimate of drug-likeness (QED) is 0.847. The van der Waals surface area contributed by atoms with Crippen LogP contribution < -0.4 is 10.1 Å². The molecule has 100 valence electrons. The first-order chi connectivity index (χ1) is 9.20. The average Bonchev–Trinajstić information content (AvgIpc) is 3.03. The molecular weight excluding hydrogens is 306 g/mol. The number of hydrogen-bond acceptors (Lipinski definition) is 2. The van der Waals surface area contributed by atoms with Gasteiger partial charge in [-0.2, -0.15) is 0 Å². The summed E-state index contributed by atoms with van der Waals surface area (Å²) in [5.74, 6) is 3.42. The number of rotatable bonds is 2. The molecule has 4 heteroatoms. The van der Waals surface area contributed by atoms with Crippen molar-refractivity contribution in [2.24, 2.45) is 17.8 Å². The van der Waals surface area contributed by atoms with Crippen molar-refractivity contribution >= 4 is 27.5 Å². The van der Waals surface area contributed by atoms with Crippen LogP contribution in [0.3, 0.4) is 0 Å². The number of ether oxygens (including phenoxy) is 1. The van der Waals surface area contributed by atoms with Gasteiger partial charge in [0.15, 0.2) is 6.61 Å². The Morgan fingerprint density at radius 1 is 1.26 bits per heavy atom. The fourth-order valence-electron chi connectivity index (χ4n) is 3.55. The third kappa shape index (κ3) is 2.06. The zero-order valence-electron chi connectivity index (χ0n) is 10.6. The van der Waals surface area contributed by atoms with Gasteiger partial charge in [-0.3, -0.25) is 4.79 Å². The molecule has 1 aliphatic heterocycles. The SMILES string of the molecule is O=C1COc2ccc(C(Br)C3CC4CC4C3)cc2N1. The van der Waals surface area contributed by atoms with Crippen LogP contribution in [0.5, 0.6) is 5.75 Å². The van der Waals surface area contributed by atoms with E-state index in [0.29, 0.717) is 4.83 Å². The second-order valence-electron chi connectivity index (χ2n) is 5.98. The van der Waals surface area contributed by atoms with Crippen LogP contribution in [0, 0.1) is 17.8 Å². The third-order valence-electron chi connectivity index (χ3n) is 4.65. The van der Waals surface area contributed by atoms with E-state index in [4.69, 9.17) is 4.74 Å². The lowest BCUT2D eigenvalue weighted by molar-refractivity contribution is -0.118. The van der Waals surface area contributed by atoms with Gasteiger partial charge in [-0.15, -0.1) is 0 Å². The standard InChI is InChI=1S/C15H16BrNO2/c16-15(11-4-9-3-10(9)5-11)8-1-2-13-12(6-8)17-14(18)7-19-13/h1-2,6,9-11,15H,3-5,7H2,(H,17,18). The first kappa shape index (κ1) is 11.8. The van der Waals surface area contributed by atoms with Crippen LogP contribution in [0.15, 0.2) is 18.2 Å². The Hall–Kier alpha value is -1.03. The molecule has 2 fully saturated rings. The molecule has 1 aromatic carbocycles. The van der Waals surface area contributed by atoms with Crippen molar-refractivity contribution in [2.75, 3.05) is 11.9 Å². The van der Waals surface area contributed by atoms with Crippen molar-refractivity contribution < 1.29 is 9.53 Å². The Morgan fingerprint density at radius 2 is 2.05 bits per heavy atom. The second kappa shape index (κ2) is 4.23. The molecule has 0 radical (unpaired) electrons. The molecule has 19 heavy (non-hydrogen) atoms. The number of halogens is 1. The zero-order valence-corrected chi connectivity index (χ0v) is 12.2. The molecule has 3 nitrogen and oxygen atoms in total. The van der Waals surface area contributed by atoms with E-state index < -0.39 is 0 Å². The number of amides is 1. The highest BCUT2D eigenvalue weighted by Crippen LogP contribution is 2.58. The summed E-state index contributed by atoms with van der Waals surface area (Å²) in [4.78, 5) is 11.8. The number of nitrogens with one attached hydrogen (secondary N) is 1. The number of carbonyl (C=O) groups excluding carboxylic acids is 1. The van der Waals surface area contributed by atoms with Crippen LogP contribution in [0.2, 0.25) is 0 Å². The third-order valence-corrected chi connectivity index (χ3v) is 5.93. The molecule has 0 spiro atoms. The first-order valence-corrected chi connectivity index (χ1v) is 7.83. The van der Waals surface area contributed by atoms with Gasteiger partial charge >= 0.3 is 0 Å². The average molecular weight is 322 g/mol. The van der Waals surface area contributed by atoms with Crippen LogP contribution in [0.1, 0.15) is 29.7 Å². The van der Waals surface area contributed by atoms with E-state index in [-0.39, 0.29) is 12.5 Å². The van der Waals surface area contributed by atoms with Gasteiger partial charge in [-0.1, -0.05) is 22.0 Å². The van der Waals surface area contributed by atoms with E-state index in [1.807, 2.05) is 6.07 Å². The maximum atomic E-state index is 11.4. The van der Waals surface area contributed by atoms with Crippen molar-refractivity contribution in [1.82, 2.24) is 0 Å². The minimum atomic E-state index is -0.0714. The Bertz CT molecular complexity index is 535. The van der Waals surface area contributed by atoms with Crippen LogP contribution in [0.4, 0.5) is 5.69 Å². The number of hydrogen-bond donors (Lipinski definition) is 1. The smallest absolute Gasteiger partial charge is 0.262 e. The molecule has 3 aliphatic rings. The number of anilines is 1. The van der Waals surface area contributed by atoms with Crippen molar-refractivity contribution in [3.8, 4) is 5.75 Å². The van der Waals surface area contributed by atoms with Gasteiger partial charge in [0.1, 0.15) is 5.75 Å². The Labute approximate surface area is 120 Å². The van der Waals surface area contributed by atoms with Crippen molar-refractivity contribution in [1.29, 1.82) is 0 Å². The van der Waals surface area contributed by atoms with Gasteiger partial charge in [0.05, 0.1) is 5.69 Å². The van der Waals surface area contributed by atoms with E-state index in [1.165, 1.54) is 24.8 Å². The molecule has 4 rings (SSSR count). The molecule has 3 atom stereocenters. The topological polar surface area (TPSA) is 38.3 Å². The minimum absolute atomic E-state index is 0.0714. The summed E-state index contributed by atoms with van der Waals surface area (Å²) in [6.45, 7) is 0.121. The summed E-state index contributed by atoms with van der Waals surface area (Å²) in [5, 5.41) is 2.88. The monoisotopic (exact) mass is 321 g/mol. The molecule has 1 heterocycles. The molecule has 3 unspecified atom stereocenters. The summed E-state index contributed by atoms with van der Waals surface area (Å²) in [6.07, 6.45) is 4.14. The fourth-order valence-corrected chi connectivity index (χ4v) is 4.26. The molecule has 0 bridgehead atoms. The largest absolute Gasteiger partial charge is 0.482 e. The van der Waals surface area contributed by atoms with Crippen LogP contribution in [-0.2, 0) is 4.79 Å². The molecule has 1 N–H and O–H groups in total. The molecule has 1 amide bonds. The summed E-state index contributed by atoms with van der Waals surface area (Å²) in [6, 6.07) is 6.13. The Morgan fingerprint density at radius 3 is 2.84 bits per heavy atom. The zero-order chi connectivity index (χ0) is 13.0. The number of carbonyl (C=O) groups is 1. The summed E-state index contributed by atoms with van der Waals surface area (Å²) in [5.41, 5.74) is 2.05. The van der Waals surface area contributed by atoms with E-state index in [9.17, 15) is 4.79 Å². The van der Waals surface area contributed by atoms with Gasteiger partial charge in [0, 0.05) is 4.83 Å². The van der Waals surface area contributed by atoms with E-state index in [0.717, 1.165) is 29.2 Å². The molecular formula is C15H16BrNO2. The lowest BCUT2D eigenvalue weighted by Crippen LogP contribution is -2.25. The van der Waals surface area contributed by atoms with Gasteiger partial charge in [0.2, 0.25) is 0 Å². The number of fused-ring (bicyclic) bond motifs is 2. The van der Waals surface area contributed by atoms with Gasteiger partial charge in [-0.25, -0.2) is 0 Å². The molecule has 1 aromatic rings. The fraction of sp³-hybridized carbons (Fsp3) is 0.533. The highest BCUT2D eigenvalue weighted by Gasteiger charge is 2.47. The molecule has 2 aliphatic carbocycles. The van der Waals surface area contributed by atoms with E-state index >= 15 is 0 Å². The Balaban J connectivity index is 1.57. The first-order valence-electron chi connectivity index (χ1n) is 6.91. The number of benzene rings is 1. The van der Waals surface area contributed by atoms with Gasteiger partial charge in [-0.05, 0) is 54.7 Å². The van der Waals surface area contributed by atoms with Gasteiger partial charge in [0.25, 0.3) is 5.91 Å². The van der Waals surface area contributed by atoms with Crippen LogP contribution >= 0.6 is 15.9 Å². The highest BCUT2D eigenvalue weighted by atomic mass is 79.9.